The van der Waals surface area contributed by atoms with Crippen LogP contribution in [0.5, 0.6) is 0 Å². The molecule has 10 rings (SSSR count). The maximum atomic E-state index is 4.77. The quantitative estimate of drug-likeness (QED) is 0.146. The lowest BCUT2D eigenvalue weighted by molar-refractivity contribution is 0.589. The summed E-state index contributed by atoms with van der Waals surface area (Å²) in [4.78, 5) is 14.0. The van der Waals surface area contributed by atoms with Gasteiger partial charge in [-0.2, -0.15) is 0 Å². The molecule has 0 saturated heterocycles. The molecule has 0 bridgehead atoms. The summed E-state index contributed by atoms with van der Waals surface area (Å²) >= 11 is 0. The minimum atomic E-state index is 0.0495. The number of allylic oxidation sites excluding steroid dienone is 4. The highest BCUT2D eigenvalue weighted by atomic mass is 14.7. The van der Waals surface area contributed by atoms with Crippen LogP contribution < -0.4 is 0 Å². The summed E-state index contributed by atoms with van der Waals surface area (Å²) in [6.45, 7) is 6.74. The van der Waals surface area contributed by atoms with Crippen LogP contribution in [0.15, 0.2) is 231 Å². The third-order valence-corrected chi connectivity index (χ3v) is 12.5. The average Bonchev–Trinajstić information content (AvgIpc) is 3.37. The Bertz CT molecular complexity index is 2960. The Kier molecular flexibility index (Phi) is 11.1. The molecule has 0 aliphatic heterocycles. The van der Waals surface area contributed by atoms with E-state index in [1.54, 1.807) is 0 Å². The standard InChI is InChI=1S/C61H49N3/c1-61(2,3)51-34-37-64-60(41-51)47-32-26-44(27-33-47)54-16-6-9-19-57(54)50-39-48(55-17-7-4-14-52(55)42-22-28-45(29-23-42)58-20-10-12-35-62-58)38-49(40-50)56-18-8-5-15-53(56)43-24-30-46(31-25-43)59-21-11-13-36-63-59/h4-41,54,57H,1-3H3. The van der Waals surface area contributed by atoms with Gasteiger partial charge in [0.05, 0.1) is 17.1 Å². The predicted octanol–water partition coefficient (Wildman–Crippen LogP) is 15.8. The van der Waals surface area contributed by atoms with Crippen molar-refractivity contribution in [2.75, 3.05) is 0 Å². The second kappa shape index (κ2) is 17.6. The van der Waals surface area contributed by atoms with E-state index in [2.05, 4.69) is 219 Å². The van der Waals surface area contributed by atoms with Gasteiger partial charge in [-0.15, -0.1) is 0 Å². The van der Waals surface area contributed by atoms with Crippen LogP contribution in [0.4, 0.5) is 0 Å². The van der Waals surface area contributed by atoms with Crippen molar-refractivity contribution in [3.8, 4) is 78.3 Å². The van der Waals surface area contributed by atoms with Gasteiger partial charge < -0.3 is 0 Å². The lowest BCUT2D eigenvalue weighted by Gasteiger charge is -2.27. The van der Waals surface area contributed by atoms with Crippen molar-refractivity contribution < 1.29 is 0 Å². The van der Waals surface area contributed by atoms with E-state index in [0.29, 0.717) is 0 Å². The number of rotatable bonds is 9. The summed E-state index contributed by atoms with van der Waals surface area (Å²) in [5.74, 6) is 0.242. The number of benzene rings is 6. The zero-order chi connectivity index (χ0) is 43.5. The lowest BCUT2D eigenvalue weighted by Crippen LogP contribution is -2.11. The molecule has 3 aromatic heterocycles. The molecular formula is C61H49N3. The van der Waals surface area contributed by atoms with Crippen LogP contribution in [0.25, 0.3) is 78.3 Å². The van der Waals surface area contributed by atoms with E-state index >= 15 is 0 Å². The van der Waals surface area contributed by atoms with Crippen LogP contribution in [0, 0.1) is 0 Å². The van der Waals surface area contributed by atoms with Crippen molar-refractivity contribution in [2.24, 2.45) is 0 Å². The van der Waals surface area contributed by atoms with Gasteiger partial charge in [-0.1, -0.05) is 191 Å². The number of aromatic nitrogens is 3. The fraction of sp³-hybridized carbons (Fsp3) is 0.0984. The first-order chi connectivity index (χ1) is 31.4. The molecule has 0 spiro atoms. The topological polar surface area (TPSA) is 38.7 Å². The molecule has 1 aliphatic rings. The van der Waals surface area contributed by atoms with E-state index in [4.69, 9.17) is 4.98 Å². The van der Waals surface area contributed by atoms with Crippen LogP contribution in [-0.2, 0) is 5.41 Å². The average molecular weight is 824 g/mol. The van der Waals surface area contributed by atoms with Crippen molar-refractivity contribution in [1.29, 1.82) is 0 Å². The molecule has 9 aromatic rings. The molecule has 308 valence electrons. The predicted molar refractivity (Wildman–Crippen MR) is 267 cm³/mol. The molecule has 1 aliphatic carbocycles. The molecule has 2 unspecified atom stereocenters. The second-order valence-electron chi connectivity index (χ2n) is 17.6. The van der Waals surface area contributed by atoms with Gasteiger partial charge in [0.2, 0.25) is 0 Å². The van der Waals surface area contributed by atoms with Crippen molar-refractivity contribution in [1.82, 2.24) is 15.0 Å². The van der Waals surface area contributed by atoms with Gasteiger partial charge in [-0.25, -0.2) is 0 Å². The normalized spacial score (nSPS) is 14.7. The van der Waals surface area contributed by atoms with Gasteiger partial charge in [0.15, 0.2) is 0 Å². The molecule has 0 saturated carbocycles. The Labute approximate surface area is 377 Å². The first-order valence-electron chi connectivity index (χ1n) is 22.2. The molecule has 2 atom stereocenters. The molecule has 64 heavy (non-hydrogen) atoms. The summed E-state index contributed by atoms with van der Waals surface area (Å²) in [7, 11) is 0. The van der Waals surface area contributed by atoms with Gasteiger partial charge in [-0.3, -0.25) is 15.0 Å². The Morgan fingerprint density at radius 2 is 0.734 bits per heavy atom. The van der Waals surface area contributed by atoms with Gasteiger partial charge in [0.25, 0.3) is 0 Å². The molecule has 0 N–H and O–H groups in total. The minimum absolute atomic E-state index is 0.0495. The monoisotopic (exact) mass is 823 g/mol. The molecular weight excluding hydrogens is 775 g/mol. The fourth-order valence-corrected chi connectivity index (χ4v) is 9.01. The van der Waals surface area contributed by atoms with E-state index in [1.165, 1.54) is 50.1 Å². The highest BCUT2D eigenvalue weighted by molar-refractivity contribution is 5.90. The third-order valence-electron chi connectivity index (χ3n) is 12.5. The SMILES string of the molecule is CC(C)(C)c1ccnc(-c2ccc(C3C=CC=CC3c3cc(-c4ccccc4-c4ccc(-c5ccccn5)cc4)cc(-c4ccccc4-c4ccc(-c5ccccn5)cc4)c3)cc2)c1. The smallest absolute Gasteiger partial charge is 0.0704 e. The Hall–Kier alpha value is -7.75. The molecule has 0 radical (unpaired) electrons. The van der Waals surface area contributed by atoms with Crippen LogP contribution >= 0.6 is 0 Å². The Morgan fingerprint density at radius 3 is 1.20 bits per heavy atom. The van der Waals surface area contributed by atoms with Crippen molar-refractivity contribution >= 4 is 0 Å². The fourth-order valence-electron chi connectivity index (χ4n) is 9.01. The van der Waals surface area contributed by atoms with Crippen LogP contribution in [0.2, 0.25) is 0 Å². The van der Waals surface area contributed by atoms with Crippen molar-refractivity contribution in [3.63, 3.8) is 0 Å². The summed E-state index contributed by atoms with van der Waals surface area (Å²) < 4.78 is 0. The summed E-state index contributed by atoms with van der Waals surface area (Å²) in [5, 5.41) is 0. The zero-order valence-electron chi connectivity index (χ0n) is 36.4. The highest BCUT2D eigenvalue weighted by Crippen LogP contribution is 2.44. The molecule has 0 amide bonds. The number of nitrogens with zero attached hydrogens (tertiary/aromatic N) is 3. The largest absolute Gasteiger partial charge is 0.256 e. The molecule has 3 nitrogen and oxygen atoms in total. The lowest BCUT2D eigenvalue weighted by atomic mass is 9.77. The second-order valence-corrected chi connectivity index (χ2v) is 17.6. The van der Waals surface area contributed by atoms with E-state index in [1.807, 2.05) is 42.9 Å². The zero-order valence-corrected chi connectivity index (χ0v) is 36.4. The summed E-state index contributed by atoms with van der Waals surface area (Å²) in [6, 6.07) is 68.0. The summed E-state index contributed by atoms with van der Waals surface area (Å²) in [5.41, 5.74) is 19.6. The molecule has 3 heteroatoms. The maximum Gasteiger partial charge on any atom is 0.0704 e. The van der Waals surface area contributed by atoms with E-state index in [-0.39, 0.29) is 17.3 Å². The molecule has 0 fully saturated rings. The van der Waals surface area contributed by atoms with Gasteiger partial charge in [0.1, 0.15) is 0 Å². The van der Waals surface area contributed by atoms with E-state index in [0.717, 1.165) is 44.9 Å². The van der Waals surface area contributed by atoms with Crippen molar-refractivity contribution in [2.45, 2.75) is 38.0 Å². The Balaban J connectivity index is 1.08. The van der Waals surface area contributed by atoms with E-state index < -0.39 is 0 Å². The third kappa shape index (κ3) is 8.41. The molecule has 6 aromatic carbocycles. The minimum Gasteiger partial charge on any atom is -0.256 e. The highest BCUT2D eigenvalue weighted by Gasteiger charge is 2.25. The number of hydrogen-bond acceptors (Lipinski definition) is 3. The van der Waals surface area contributed by atoms with E-state index in [9.17, 15) is 0 Å². The van der Waals surface area contributed by atoms with Gasteiger partial charge >= 0.3 is 0 Å². The van der Waals surface area contributed by atoms with Crippen LogP contribution in [0.3, 0.4) is 0 Å². The maximum absolute atomic E-state index is 4.77. The first-order valence-corrected chi connectivity index (χ1v) is 22.2. The number of pyridine rings is 3. The molecule has 3 heterocycles. The van der Waals surface area contributed by atoms with Crippen LogP contribution in [-0.4, -0.2) is 15.0 Å². The van der Waals surface area contributed by atoms with Gasteiger partial charge in [-0.05, 0) is 109 Å². The Morgan fingerprint density at radius 1 is 0.328 bits per heavy atom. The first kappa shape index (κ1) is 40.3. The summed E-state index contributed by atoms with van der Waals surface area (Å²) in [6.07, 6.45) is 14.8. The van der Waals surface area contributed by atoms with Crippen LogP contribution in [0.1, 0.15) is 49.3 Å². The number of hydrogen-bond donors (Lipinski definition) is 0. The van der Waals surface area contributed by atoms with Gasteiger partial charge in [0, 0.05) is 47.1 Å². The van der Waals surface area contributed by atoms with Crippen molar-refractivity contribution in [3.05, 3.63) is 248 Å².